The Balaban J connectivity index is 1.71. The van der Waals surface area contributed by atoms with Crippen LogP contribution in [0.4, 0.5) is 5.69 Å². The van der Waals surface area contributed by atoms with Gasteiger partial charge in [-0.1, -0.05) is 39.8 Å². The molecule has 1 aromatic rings. The van der Waals surface area contributed by atoms with Crippen molar-refractivity contribution in [2.45, 2.75) is 52.4 Å². The van der Waals surface area contributed by atoms with Crippen LogP contribution in [0.2, 0.25) is 0 Å². The van der Waals surface area contributed by atoms with Crippen molar-refractivity contribution in [1.29, 1.82) is 0 Å². The SMILES string of the molecule is CC1(C)CC=C(c2cc(C(C)(C)CN3CCN(CCO)CC3)ccc2N)CC1. The van der Waals surface area contributed by atoms with E-state index in [0.29, 0.717) is 5.41 Å². The zero-order valence-corrected chi connectivity index (χ0v) is 18.3. The second-order valence-electron chi connectivity index (χ2n) is 10.1. The second kappa shape index (κ2) is 8.56. The highest BCUT2D eigenvalue weighted by atomic mass is 16.3. The Bertz CT molecular complexity index is 700. The molecule has 1 saturated heterocycles. The summed E-state index contributed by atoms with van der Waals surface area (Å²) in [4.78, 5) is 4.91. The lowest BCUT2D eigenvalue weighted by molar-refractivity contribution is 0.0996. The molecule has 0 atom stereocenters. The van der Waals surface area contributed by atoms with Gasteiger partial charge in [-0.3, -0.25) is 9.80 Å². The quantitative estimate of drug-likeness (QED) is 0.732. The molecule has 4 heteroatoms. The zero-order valence-electron chi connectivity index (χ0n) is 18.3. The molecule has 0 saturated carbocycles. The van der Waals surface area contributed by atoms with E-state index in [1.807, 2.05) is 0 Å². The van der Waals surface area contributed by atoms with Gasteiger partial charge < -0.3 is 10.8 Å². The van der Waals surface area contributed by atoms with Crippen molar-refractivity contribution in [3.05, 3.63) is 35.4 Å². The van der Waals surface area contributed by atoms with Gasteiger partial charge in [-0.15, -0.1) is 0 Å². The van der Waals surface area contributed by atoms with Crippen LogP contribution in [-0.2, 0) is 5.41 Å². The number of piperazine rings is 1. The molecule has 3 rings (SSSR count). The number of β-amino-alcohol motifs (C(OH)–C–C–N with tert-alkyl or cyclic N) is 1. The number of nitrogens with zero attached hydrogens (tertiary/aromatic N) is 2. The minimum atomic E-state index is 0.0795. The van der Waals surface area contributed by atoms with Crippen LogP contribution in [0, 0.1) is 5.41 Å². The van der Waals surface area contributed by atoms with E-state index in [2.05, 4.69) is 61.8 Å². The third kappa shape index (κ3) is 5.16. The molecule has 28 heavy (non-hydrogen) atoms. The fraction of sp³-hybridized carbons (Fsp3) is 0.667. The highest BCUT2D eigenvalue weighted by Crippen LogP contribution is 2.40. The van der Waals surface area contributed by atoms with E-state index in [4.69, 9.17) is 10.8 Å². The van der Waals surface area contributed by atoms with Crippen LogP contribution in [0.3, 0.4) is 0 Å². The lowest BCUT2D eigenvalue weighted by Crippen LogP contribution is -2.50. The fourth-order valence-electron chi connectivity index (χ4n) is 4.54. The maximum absolute atomic E-state index is 9.13. The summed E-state index contributed by atoms with van der Waals surface area (Å²) in [5, 5.41) is 9.13. The molecule has 0 spiro atoms. The summed E-state index contributed by atoms with van der Waals surface area (Å²) in [5.74, 6) is 0. The number of hydrogen-bond donors (Lipinski definition) is 2. The molecule has 0 bridgehead atoms. The summed E-state index contributed by atoms with van der Waals surface area (Å²) in [6, 6.07) is 6.67. The van der Waals surface area contributed by atoms with Gasteiger partial charge in [0, 0.05) is 55.9 Å². The molecule has 0 aromatic heterocycles. The Morgan fingerprint density at radius 3 is 2.39 bits per heavy atom. The van der Waals surface area contributed by atoms with E-state index in [-0.39, 0.29) is 12.0 Å². The zero-order chi connectivity index (χ0) is 20.4. The average Bonchev–Trinajstić information content (AvgIpc) is 2.64. The molecule has 1 aromatic carbocycles. The van der Waals surface area contributed by atoms with Crippen molar-refractivity contribution >= 4 is 11.3 Å². The molecule has 2 aliphatic rings. The molecule has 1 aliphatic carbocycles. The lowest BCUT2D eigenvalue weighted by atomic mass is 9.76. The Labute approximate surface area is 171 Å². The molecule has 1 heterocycles. The number of aliphatic hydroxyl groups excluding tert-OH is 1. The fourth-order valence-corrected chi connectivity index (χ4v) is 4.54. The van der Waals surface area contributed by atoms with Crippen molar-refractivity contribution in [3.63, 3.8) is 0 Å². The summed E-state index contributed by atoms with van der Waals surface area (Å²) in [6.45, 7) is 15.7. The maximum atomic E-state index is 9.13. The van der Waals surface area contributed by atoms with Crippen molar-refractivity contribution in [1.82, 2.24) is 9.80 Å². The smallest absolute Gasteiger partial charge is 0.0558 e. The predicted octanol–water partition coefficient (Wildman–Crippen LogP) is 3.75. The minimum Gasteiger partial charge on any atom is -0.398 e. The number of anilines is 1. The first kappa shape index (κ1) is 21.4. The predicted molar refractivity (Wildman–Crippen MR) is 119 cm³/mol. The van der Waals surface area contributed by atoms with Gasteiger partial charge in [-0.2, -0.15) is 0 Å². The molecule has 1 aliphatic heterocycles. The van der Waals surface area contributed by atoms with Gasteiger partial charge in [0.25, 0.3) is 0 Å². The normalized spacial score (nSPS) is 21.5. The van der Waals surface area contributed by atoms with Crippen LogP contribution in [-0.4, -0.2) is 60.8 Å². The summed E-state index contributed by atoms with van der Waals surface area (Å²) in [7, 11) is 0. The molecule has 0 radical (unpaired) electrons. The van der Waals surface area contributed by atoms with E-state index in [1.165, 1.54) is 23.1 Å². The summed E-state index contributed by atoms with van der Waals surface area (Å²) in [6.07, 6.45) is 5.89. The van der Waals surface area contributed by atoms with Crippen molar-refractivity contribution in [2.24, 2.45) is 5.41 Å². The van der Waals surface area contributed by atoms with E-state index in [1.54, 1.807) is 0 Å². The number of nitrogens with two attached hydrogens (primary N) is 1. The summed E-state index contributed by atoms with van der Waals surface area (Å²) in [5.41, 5.74) is 11.8. The molecular weight excluding hydrogens is 346 g/mol. The topological polar surface area (TPSA) is 52.7 Å². The summed E-state index contributed by atoms with van der Waals surface area (Å²) < 4.78 is 0. The highest BCUT2D eigenvalue weighted by molar-refractivity contribution is 5.76. The highest BCUT2D eigenvalue weighted by Gasteiger charge is 2.28. The minimum absolute atomic E-state index is 0.0795. The lowest BCUT2D eigenvalue weighted by Gasteiger charge is -2.39. The molecule has 3 N–H and O–H groups in total. The molecule has 1 fully saturated rings. The third-order valence-electron chi connectivity index (χ3n) is 6.65. The van der Waals surface area contributed by atoms with Gasteiger partial charge in [0.15, 0.2) is 0 Å². The monoisotopic (exact) mass is 385 g/mol. The van der Waals surface area contributed by atoms with Gasteiger partial charge in [0.1, 0.15) is 0 Å². The standard InChI is InChI=1S/C24H39N3O/c1-23(2)9-7-19(8-10-23)21-17-20(5-6-22(21)25)24(3,4)18-27-13-11-26(12-14-27)15-16-28/h5-7,17,28H,8-16,18,25H2,1-4H3. The van der Waals surface area contributed by atoms with Gasteiger partial charge in [-0.05, 0) is 47.9 Å². The van der Waals surface area contributed by atoms with Crippen LogP contribution in [0.15, 0.2) is 24.3 Å². The first-order valence-electron chi connectivity index (χ1n) is 10.9. The Morgan fingerprint density at radius 1 is 1.11 bits per heavy atom. The van der Waals surface area contributed by atoms with Gasteiger partial charge >= 0.3 is 0 Å². The van der Waals surface area contributed by atoms with Crippen molar-refractivity contribution in [2.75, 3.05) is 51.6 Å². The maximum Gasteiger partial charge on any atom is 0.0558 e. The number of allylic oxidation sites excluding steroid dienone is 2. The Hall–Kier alpha value is -1.36. The van der Waals surface area contributed by atoms with Gasteiger partial charge in [0.05, 0.1) is 6.61 Å². The van der Waals surface area contributed by atoms with Gasteiger partial charge in [-0.25, -0.2) is 0 Å². The second-order valence-corrected chi connectivity index (χ2v) is 10.1. The van der Waals surface area contributed by atoms with Crippen LogP contribution >= 0.6 is 0 Å². The number of hydrogen-bond acceptors (Lipinski definition) is 4. The summed E-state index contributed by atoms with van der Waals surface area (Å²) >= 11 is 0. The Morgan fingerprint density at radius 2 is 1.79 bits per heavy atom. The number of aliphatic hydroxyl groups is 1. The molecular formula is C24H39N3O. The Kier molecular flexibility index (Phi) is 6.53. The first-order chi connectivity index (χ1) is 13.2. The third-order valence-corrected chi connectivity index (χ3v) is 6.65. The van der Waals surface area contributed by atoms with Crippen molar-refractivity contribution in [3.8, 4) is 0 Å². The van der Waals surface area contributed by atoms with Gasteiger partial charge in [0.2, 0.25) is 0 Å². The van der Waals surface area contributed by atoms with Crippen LogP contribution < -0.4 is 5.73 Å². The van der Waals surface area contributed by atoms with Crippen LogP contribution in [0.1, 0.15) is 58.1 Å². The van der Waals surface area contributed by atoms with E-state index < -0.39 is 0 Å². The first-order valence-corrected chi connectivity index (χ1v) is 10.9. The average molecular weight is 386 g/mol. The largest absolute Gasteiger partial charge is 0.398 e. The van der Waals surface area contributed by atoms with Crippen molar-refractivity contribution < 1.29 is 5.11 Å². The number of benzene rings is 1. The molecule has 0 amide bonds. The molecule has 0 unspecified atom stereocenters. The molecule has 4 nitrogen and oxygen atoms in total. The number of rotatable bonds is 6. The van der Waals surface area contributed by atoms with E-state index in [0.717, 1.165) is 57.8 Å². The van der Waals surface area contributed by atoms with Crippen LogP contribution in [0.5, 0.6) is 0 Å². The van der Waals surface area contributed by atoms with E-state index in [9.17, 15) is 0 Å². The van der Waals surface area contributed by atoms with E-state index >= 15 is 0 Å². The number of nitrogen functional groups attached to an aromatic ring is 1. The molecule has 156 valence electrons. The van der Waals surface area contributed by atoms with Crippen LogP contribution in [0.25, 0.3) is 5.57 Å².